The standard InChI is InChI=1S/C26H36N8O5/c1-34-15-29-14-17(34)11-21(31-23(35)12-28)25(37)32-20(8-4-5-9-27)24(36)33-22(26(38)39)10-16-13-30-19-7-3-2-6-18(16)19/h2-3,6-7,13-15,20-22,30H,4-5,8-12,27-28H2,1H3,(H,31,35)(H,32,37)(H,33,36)(H,38,39)/t20-,21-,22-/m0/s1. The Hall–Kier alpha value is -4.23. The molecule has 0 unspecified atom stereocenters. The van der Waals surface area contributed by atoms with Gasteiger partial charge in [0.1, 0.15) is 18.1 Å². The van der Waals surface area contributed by atoms with Crippen LogP contribution in [-0.2, 0) is 39.1 Å². The smallest absolute Gasteiger partial charge is 0.326 e. The molecule has 3 aromatic rings. The van der Waals surface area contributed by atoms with Crippen molar-refractivity contribution in [3.63, 3.8) is 0 Å². The number of H-pyrrole nitrogens is 1. The topological polar surface area (TPSA) is 210 Å². The highest BCUT2D eigenvalue weighted by atomic mass is 16.4. The molecule has 0 saturated heterocycles. The summed E-state index contributed by atoms with van der Waals surface area (Å²) in [4.78, 5) is 57.8. The van der Waals surface area contributed by atoms with Gasteiger partial charge >= 0.3 is 5.97 Å². The molecular formula is C26H36N8O5. The van der Waals surface area contributed by atoms with Gasteiger partial charge in [0.05, 0.1) is 12.9 Å². The number of aromatic amines is 1. The van der Waals surface area contributed by atoms with Crippen molar-refractivity contribution in [2.75, 3.05) is 13.1 Å². The lowest BCUT2D eigenvalue weighted by Crippen LogP contribution is -2.57. The number of hydrogen-bond donors (Lipinski definition) is 7. The van der Waals surface area contributed by atoms with Gasteiger partial charge in [-0.15, -0.1) is 0 Å². The Bertz CT molecular complexity index is 1290. The van der Waals surface area contributed by atoms with Crippen LogP contribution in [0.4, 0.5) is 0 Å². The van der Waals surface area contributed by atoms with Gasteiger partial charge in [-0.1, -0.05) is 18.2 Å². The summed E-state index contributed by atoms with van der Waals surface area (Å²) in [6, 6.07) is 4.17. The van der Waals surface area contributed by atoms with Crippen LogP contribution in [0.15, 0.2) is 43.0 Å². The van der Waals surface area contributed by atoms with Gasteiger partial charge in [0.25, 0.3) is 0 Å². The summed E-state index contributed by atoms with van der Waals surface area (Å²) in [6.07, 6.45) is 6.39. The molecule has 39 heavy (non-hydrogen) atoms. The molecule has 210 valence electrons. The van der Waals surface area contributed by atoms with Crippen molar-refractivity contribution >= 4 is 34.6 Å². The van der Waals surface area contributed by atoms with Crippen LogP contribution in [-0.4, -0.2) is 74.5 Å². The lowest BCUT2D eigenvalue weighted by Gasteiger charge is -2.24. The molecule has 13 heteroatoms. The second kappa shape index (κ2) is 14.1. The van der Waals surface area contributed by atoms with Gasteiger partial charge in [0, 0.05) is 48.9 Å². The third kappa shape index (κ3) is 8.12. The molecule has 3 atom stereocenters. The molecule has 0 bridgehead atoms. The van der Waals surface area contributed by atoms with E-state index in [9.17, 15) is 24.3 Å². The minimum atomic E-state index is -1.23. The Morgan fingerprint density at radius 2 is 1.72 bits per heavy atom. The molecule has 0 aliphatic carbocycles. The van der Waals surface area contributed by atoms with Crippen LogP contribution < -0.4 is 27.4 Å². The summed E-state index contributed by atoms with van der Waals surface area (Å²) >= 11 is 0. The molecule has 2 heterocycles. The molecule has 0 fully saturated rings. The van der Waals surface area contributed by atoms with Crippen molar-refractivity contribution in [1.29, 1.82) is 0 Å². The summed E-state index contributed by atoms with van der Waals surface area (Å²) in [7, 11) is 1.75. The second-order valence-corrected chi connectivity index (χ2v) is 9.33. The van der Waals surface area contributed by atoms with E-state index in [-0.39, 0.29) is 25.8 Å². The average molecular weight is 541 g/mol. The van der Waals surface area contributed by atoms with E-state index < -0.39 is 41.8 Å². The highest BCUT2D eigenvalue weighted by molar-refractivity contribution is 5.94. The Balaban J connectivity index is 1.76. The van der Waals surface area contributed by atoms with E-state index in [1.807, 2.05) is 24.3 Å². The Kier molecular flexibility index (Phi) is 10.6. The fourth-order valence-corrected chi connectivity index (χ4v) is 4.28. The van der Waals surface area contributed by atoms with E-state index >= 15 is 0 Å². The zero-order valence-corrected chi connectivity index (χ0v) is 21.9. The number of unbranched alkanes of at least 4 members (excludes halogenated alkanes) is 1. The maximum Gasteiger partial charge on any atom is 0.326 e. The summed E-state index contributed by atoms with van der Waals surface area (Å²) in [5, 5.41) is 18.6. The maximum atomic E-state index is 13.3. The van der Waals surface area contributed by atoms with Gasteiger partial charge in [0.2, 0.25) is 17.7 Å². The lowest BCUT2D eigenvalue weighted by atomic mass is 10.0. The fourth-order valence-electron chi connectivity index (χ4n) is 4.28. The number of nitrogens with zero attached hydrogens (tertiary/aromatic N) is 2. The number of hydrogen-bond acceptors (Lipinski definition) is 7. The molecular weight excluding hydrogens is 504 g/mol. The van der Waals surface area contributed by atoms with Crippen LogP contribution in [0.5, 0.6) is 0 Å². The van der Waals surface area contributed by atoms with Gasteiger partial charge in [0.15, 0.2) is 0 Å². The summed E-state index contributed by atoms with van der Waals surface area (Å²) in [5.41, 5.74) is 13.3. The molecule has 3 amide bonds. The van der Waals surface area contributed by atoms with Crippen LogP contribution in [0.3, 0.4) is 0 Å². The number of benzene rings is 1. The number of aryl methyl sites for hydroxylation is 1. The van der Waals surface area contributed by atoms with E-state index in [2.05, 4.69) is 25.9 Å². The molecule has 1 aromatic carbocycles. The molecule has 13 nitrogen and oxygen atoms in total. The molecule has 0 spiro atoms. The van der Waals surface area contributed by atoms with Crippen LogP contribution >= 0.6 is 0 Å². The molecule has 2 aromatic heterocycles. The number of para-hydroxylation sites is 1. The van der Waals surface area contributed by atoms with E-state index in [1.165, 1.54) is 0 Å². The summed E-state index contributed by atoms with van der Waals surface area (Å²) < 4.78 is 1.71. The Labute approximate surface area is 225 Å². The number of fused-ring (bicyclic) bond motifs is 1. The zero-order valence-electron chi connectivity index (χ0n) is 21.9. The van der Waals surface area contributed by atoms with Crippen molar-refractivity contribution in [3.05, 3.63) is 54.2 Å². The largest absolute Gasteiger partial charge is 0.480 e. The van der Waals surface area contributed by atoms with Crippen molar-refractivity contribution in [2.24, 2.45) is 18.5 Å². The number of aliphatic carboxylic acids is 1. The van der Waals surface area contributed by atoms with Crippen LogP contribution in [0.2, 0.25) is 0 Å². The normalized spacial score (nSPS) is 13.4. The molecule has 0 radical (unpaired) electrons. The predicted octanol–water partition coefficient (Wildman–Crippen LogP) is -0.687. The Morgan fingerprint density at radius 1 is 1.00 bits per heavy atom. The van der Waals surface area contributed by atoms with Crippen molar-refractivity contribution in [3.8, 4) is 0 Å². The average Bonchev–Trinajstić information content (AvgIpc) is 3.52. The van der Waals surface area contributed by atoms with Gasteiger partial charge in [-0.3, -0.25) is 14.4 Å². The summed E-state index contributed by atoms with van der Waals surface area (Å²) in [5.74, 6) is -2.98. The van der Waals surface area contributed by atoms with Crippen LogP contribution in [0, 0.1) is 0 Å². The highest BCUT2D eigenvalue weighted by Gasteiger charge is 2.30. The van der Waals surface area contributed by atoms with E-state index in [0.717, 1.165) is 16.5 Å². The van der Waals surface area contributed by atoms with E-state index in [1.54, 1.807) is 30.3 Å². The second-order valence-electron chi connectivity index (χ2n) is 9.33. The number of carboxylic acids is 1. The number of amides is 3. The first kappa shape index (κ1) is 29.3. The van der Waals surface area contributed by atoms with Crippen molar-refractivity contribution in [1.82, 2.24) is 30.5 Å². The third-order valence-corrected chi connectivity index (χ3v) is 6.46. The minimum Gasteiger partial charge on any atom is -0.480 e. The van der Waals surface area contributed by atoms with Crippen LogP contribution in [0.25, 0.3) is 10.9 Å². The number of nitrogens with one attached hydrogen (secondary N) is 4. The molecule has 9 N–H and O–H groups in total. The van der Waals surface area contributed by atoms with Gasteiger partial charge in [-0.25, -0.2) is 9.78 Å². The zero-order chi connectivity index (χ0) is 28.4. The number of carbonyl (C=O) groups excluding carboxylic acids is 3. The SMILES string of the molecule is Cn1cncc1C[C@H](NC(=O)CN)C(=O)N[C@@H](CCCCN)C(=O)N[C@@H](Cc1c[nH]c2ccccc12)C(=O)O. The Morgan fingerprint density at radius 3 is 2.38 bits per heavy atom. The first-order valence-corrected chi connectivity index (χ1v) is 12.8. The van der Waals surface area contributed by atoms with Crippen molar-refractivity contribution in [2.45, 2.75) is 50.2 Å². The number of nitrogens with two attached hydrogens (primary N) is 2. The number of rotatable bonds is 15. The summed E-state index contributed by atoms with van der Waals surface area (Å²) in [6.45, 7) is 0.0833. The minimum absolute atomic E-state index is 0.0459. The highest BCUT2D eigenvalue weighted by Crippen LogP contribution is 2.19. The van der Waals surface area contributed by atoms with Gasteiger partial charge < -0.3 is 42.1 Å². The van der Waals surface area contributed by atoms with Gasteiger partial charge in [-0.05, 0) is 37.4 Å². The number of carbonyl (C=O) groups is 4. The van der Waals surface area contributed by atoms with Crippen LogP contribution in [0.1, 0.15) is 30.5 Å². The first-order valence-electron chi connectivity index (χ1n) is 12.8. The maximum absolute atomic E-state index is 13.3. The van der Waals surface area contributed by atoms with Crippen molar-refractivity contribution < 1.29 is 24.3 Å². The fraction of sp³-hybridized carbons (Fsp3) is 0.423. The van der Waals surface area contributed by atoms with E-state index in [0.29, 0.717) is 25.1 Å². The third-order valence-electron chi connectivity index (χ3n) is 6.46. The molecule has 0 saturated carbocycles. The predicted molar refractivity (Wildman–Crippen MR) is 144 cm³/mol. The number of carboxylic acid groups (broad SMARTS) is 1. The molecule has 0 aliphatic rings. The number of imidazole rings is 1. The van der Waals surface area contributed by atoms with Gasteiger partial charge in [-0.2, -0.15) is 0 Å². The molecule has 0 aliphatic heterocycles. The first-order chi connectivity index (χ1) is 18.7. The van der Waals surface area contributed by atoms with E-state index in [4.69, 9.17) is 11.5 Å². The quantitative estimate of drug-likeness (QED) is 0.122. The lowest BCUT2D eigenvalue weighted by molar-refractivity contribution is -0.142. The number of aromatic nitrogens is 3. The monoisotopic (exact) mass is 540 g/mol. The molecule has 3 rings (SSSR count).